The van der Waals surface area contributed by atoms with E-state index < -0.39 is 12.2 Å². The molecule has 7 nitrogen and oxygen atoms in total. The van der Waals surface area contributed by atoms with Gasteiger partial charge in [-0.2, -0.15) is 0 Å². The van der Waals surface area contributed by atoms with Gasteiger partial charge in [0.25, 0.3) is 5.56 Å². The summed E-state index contributed by atoms with van der Waals surface area (Å²) < 4.78 is 7.45. The molecule has 2 N–H and O–H groups in total. The number of ether oxygens (including phenoxy) is 1. The summed E-state index contributed by atoms with van der Waals surface area (Å²) in [5.74, 6) is 0.547. The van der Waals surface area contributed by atoms with Gasteiger partial charge in [-0.05, 0) is 55.0 Å². The highest BCUT2D eigenvalue weighted by molar-refractivity contribution is 7.09. The number of hydrogen-bond donors (Lipinski definition) is 2. The second kappa shape index (κ2) is 9.84. The summed E-state index contributed by atoms with van der Waals surface area (Å²) in [5, 5.41) is 22.5. The molecule has 1 aromatic carbocycles. The van der Waals surface area contributed by atoms with E-state index in [-0.39, 0.29) is 5.56 Å². The van der Waals surface area contributed by atoms with Crippen molar-refractivity contribution in [1.82, 2.24) is 14.5 Å². The van der Waals surface area contributed by atoms with Crippen LogP contribution in [0.25, 0.3) is 11.8 Å². The van der Waals surface area contributed by atoms with Gasteiger partial charge in [0.15, 0.2) is 0 Å². The van der Waals surface area contributed by atoms with Crippen LogP contribution in [0.1, 0.15) is 40.2 Å². The molecule has 2 unspecified atom stereocenters. The van der Waals surface area contributed by atoms with E-state index in [2.05, 4.69) is 34.2 Å². The lowest BCUT2D eigenvalue weighted by Gasteiger charge is -2.33. The molecule has 34 heavy (non-hydrogen) atoms. The van der Waals surface area contributed by atoms with E-state index in [1.807, 2.05) is 18.4 Å². The van der Waals surface area contributed by atoms with Crippen LogP contribution in [0.5, 0.6) is 5.75 Å². The number of aryl methyl sites for hydroxylation is 2. The Kier molecular flexibility index (Phi) is 6.65. The third kappa shape index (κ3) is 5.15. The molecule has 3 heterocycles. The van der Waals surface area contributed by atoms with Crippen LogP contribution in [-0.4, -0.2) is 50.0 Å². The predicted octanol–water partition coefficient (Wildman–Crippen LogP) is 3.06. The first kappa shape index (κ1) is 23.0. The number of allylic oxidation sites excluding steroid dienone is 1. The maximum absolute atomic E-state index is 12.8. The Labute approximate surface area is 202 Å². The molecule has 2 aromatic heterocycles. The summed E-state index contributed by atoms with van der Waals surface area (Å²) in [6.07, 6.45) is 4.82. The lowest BCUT2D eigenvalue weighted by atomic mass is 9.93. The largest absolute Gasteiger partial charge is 0.486 e. The number of benzene rings is 1. The van der Waals surface area contributed by atoms with E-state index in [0.29, 0.717) is 25.3 Å². The number of piperidine rings is 1. The van der Waals surface area contributed by atoms with Crippen LogP contribution in [0.15, 0.2) is 46.7 Å². The maximum atomic E-state index is 12.8. The van der Waals surface area contributed by atoms with Crippen molar-refractivity contribution in [2.75, 3.05) is 13.1 Å². The lowest BCUT2D eigenvalue weighted by molar-refractivity contribution is -0.0403. The molecule has 178 valence electrons. The highest BCUT2D eigenvalue weighted by Crippen LogP contribution is 2.28. The standard InChI is InChI=1S/C26H29N3O4S/c1-17-16-34-25(27-17)15-33-22-6-9-29(26(32)12-22)21-5-4-19-10-18(2-3-20(19)11-21)13-28-8-7-23(30)24(31)14-28/h2-3,6,9-12,16,23-24,30-31H,4-5,7-8,13-15H2,1H3. The number of pyridine rings is 1. The number of likely N-dealkylation sites (tertiary alicyclic amines) is 1. The average molecular weight is 480 g/mol. The second-order valence-electron chi connectivity index (χ2n) is 9.07. The minimum atomic E-state index is -0.677. The fraction of sp³-hybridized carbons (Fsp3) is 0.385. The zero-order chi connectivity index (χ0) is 23.7. The first-order valence-electron chi connectivity index (χ1n) is 11.6. The highest BCUT2D eigenvalue weighted by atomic mass is 32.1. The maximum Gasteiger partial charge on any atom is 0.258 e. The molecular weight excluding hydrogens is 450 g/mol. The van der Waals surface area contributed by atoms with Crippen LogP contribution in [0.4, 0.5) is 0 Å². The zero-order valence-corrected chi connectivity index (χ0v) is 20.0. The van der Waals surface area contributed by atoms with Crippen molar-refractivity contribution in [3.8, 4) is 5.75 Å². The molecule has 1 aliphatic carbocycles. The number of fused-ring (bicyclic) bond motifs is 1. The van der Waals surface area contributed by atoms with Crippen molar-refractivity contribution in [2.45, 2.75) is 51.5 Å². The van der Waals surface area contributed by atoms with E-state index in [9.17, 15) is 15.0 Å². The van der Waals surface area contributed by atoms with Crippen molar-refractivity contribution < 1.29 is 14.9 Å². The Morgan fingerprint density at radius 2 is 2.06 bits per heavy atom. The molecule has 3 aromatic rings. The topological polar surface area (TPSA) is 87.8 Å². The van der Waals surface area contributed by atoms with Crippen LogP contribution in [0.2, 0.25) is 0 Å². The average Bonchev–Trinajstić information content (AvgIpc) is 3.25. The number of nitrogens with zero attached hydrogens (tertiary/aromatic N) is 3. The van der Waals surface area contributed by atoms with Crippen LogP contribution in [0, 0.1) is 6.92 Å². The Balaban J connectivity index is 1.26. The number of thiazole rings is 1. The van der Waals surface area contributed by atoms with E-state index in [1.165, 1.54) is 17.2 Å². The van der Waals surface area contributed by atoms with Gasteiger partial charge in [-0.25, -0.2) is 4.98 Å². The Morgan fingerprint density at radius 1 is 1.18 bits per heavy atom. The van der Waals surface area contributed by atoms with Gasteiger partial charge in [0.05, 0.1) is 12.2 Å². The van der Waals surface area contributed by atoms with Gasteiger partial charge in [-0.1, -0.05) is 18.2 Å². The summed E-state index contributed by atoms with van der Waals surface area (Å²) in [6.45, 7) is 4.34. The zero-order valence-electron chi connectivity index (χ0n) is 19.2. The van der Waals surface area contributed by atoms with E-state index >= 15 is 0 Å². The molecule has 0 bridgehead atoms. The predicted molar refractivity (Wildman–Crippen MR) is 133 cm³/mol. The van der Waals surface area contributed by atoms with Crippen molar-refractivity contribution in [2.24, 2.45) is 0 Å². The fourth-order valence-corrected chi connectivity index (χ4v) is 5.29. The minimum absolute atomic E-state index is 0.106. The van der Waals surface area contributed by atoms with Gasteiger partial charge >= 0.3 is 0 Å². The summed E-state index contributed by atoms with van der Waals surface area (Å²) in [5.41, 5.74) is 5.44. The van der Waals surface area contributed by atoms with Gasteiger partial charge in [0.2, 0.25) is 0 Å². The van der Waals surface area contributed by atoms with Gasteiger partial charge in [-0.3, -0.25) is 14.3 Å². The fourth-order valence-electron chi connectivity index (χ4n) is 4.61. The smallest absolute Gasteiger partial charge is 0.258 e. The van der Waals surface area contributed by atoms with E-state index in [4.69, 9.17) is 4.74 Å². The van der Waals surface area contributed by atoms with Crippen LogP contribution in [-0.2, 0) is 19.6 Å². The van der Waals surface area contributed by atoms with Gasteiger partial charge in [0, 0.05) is 48.7 Å². The first-order valence-corrected chi connectivity index (χ1v) is 12.5. The van der Waals surface area contributed by atoms with Crippen molar-refractivity contribution in [3.63, 3.8) is 0 Å². The Bertz CT molecular complexity index is 1260. The SMILES string of the molecule is Cc1csc(COc2ccn(C3=Cc4ccc(CN5CCC(O)C(O)C5)cc4CC3)c(=O)c2)n1. The molecule has 1 saturated heterocycles. The molecule has 0 spiro atoms. The number of rotatable bonds is 6. The number of aliphatic hydroxyl groups excluding tert-OH is 2. The Hall–Kier alpha value is -2.78. The number of aromatic nitrogens is 2. The van der Waals surface area contributed by atoms with Crippen molar-refractivity contribution in [3.05, 3.63) is 79.7 Å². The third-order valence-electron chi connectivity index (χ3n) is 6.45. The summed E-state index contributed by atoms with van der Waals surface area (Å²) >= 11 is 1.55. The first-order chi connectivity index (χ1) is 16.4. The molecule has 5 rings (SSSR count). The second-order valence-corrected chi connectivity index (χ2v) is 10.0. The van der Waals surface area contributed by atoms with Gasteiger partial charge in [-0.15, -0.1) is 11.3 Å². The normalized spacial score (nSPS) is 20.6. The highest BCUT2D eigenvalue weighted by Gasteiger charge is 2.25. The monoisotopic (exact) mass is 479 g/mol. The lowest BCUT2D eigenvalue weighted by Crippen LogP contribution is -2.46. The molecule has 0 amide bonds. The van der Waals surface area contributed by atoms with E-state index in [1.54, 1.807) is 22.1 Å². The number of hydrogen-bond acceptors (Lipinski definition) is 7. The molecule has 0 radical (unpaired) electrons. The van der Waals surface area contributed by atoms with Gasteiger partial charge in [0.1, 0.15) is 17.4 Å². The van der Waals surface area contributed by atoms with Gasteiger partial charge < -0.3 is 14.9 Å². The van der Waals surface area contributed by atoms with Crippen molar-refractivity contribution in [1.29, 1.82) is 0 Å². The quantitative estimate of drug-likeness (QED) is 0.565. The van der Waals surface area contributed by atoms with Crippen molar-refractivity contribution >= 4 is 23.1 Å². The Morgan fingerprint density at radius 3 is 2.82 bits per heavy atom. The van der Waals surface area contributed by atoms with Crippen LogP contribution < -0.4 is 10.3 Å². The summed E-state index contributed by atoms with van der Waals surface area (Å²) in [6, 6.07) is 9.79. The summed E-state index contributed by atoms with van der Waals surface area (Å²) in [7, 11) is 0. The minimum Gasteiger partial charge on any atom is -0.486 e. The molecule has 1 aliphatic heterocycles. The molecule has 8 heteroatoms. The molecule has 0 saturated carbocycles. The number of aliphatic hydroxyl groups is 2. The van der Waals surface area contributed by atoms with Crippen LogP contribution in [0.3, 0.4) is 0 Å². The molecule has 2 aliphatic rings. The molecule has 2 atom stereocenters. The van der Waals surface area contributed by atoms with Crippen LogP contribution >= 0.6 is 11.3 Å². The summed E-state index contributed by atoms with van der Waals surface area (Å²) in [4.78, 5) is 19.3. The third-order valence-corrected chi connectivity index (χ3v) is 7.39. The number of β-amino-alcohol motifs (C(OH)–C–C–N with tert-alkyl or cyclic N) is 1. The molecule has 1 fully saturated rings. The molecular formula is C26H29N3O4S. The van der Waals surface area contributed by atoms with E-state index in [0.717, 1.165) is 47.9 Å².